The molecule has 4 aromatic heterocycles. The lowest BCUT2D eigenvalue weighted by Gasteiger charge is -2.12. The van der Waals surface area contributed by atoms with Crippen LogP contribution in [0.3, 0.4) is 0 Å². The van der Waals surface area contributed by atoms with Crippen molar-refractivity contribution in [3.63, 3.8) is 0 Å². The van der Waals surface area contributed by atoms with Gasteiger partial charge >= 0.3 is 0 Å². The van der Waals surface area contributed by atoms with Crippen molar-refractivity contribution in [1.82, 2.24) is 18.9 Å². The van der Waals surface area contributed by atoms with E-state index >= 15 is 0 Å². The van der Waals surface area contributed by atoms with Gasteiger partial charge in [-0.2, -0.15) is 5.26 Å². The lowest BCUT2D eigenvalue weighted by molar-refractivity contribution is 1.01. The van der Waals surface area contributed by atoms with Crippen molar-refractivity contribution in [2.24, 2.45) is 0 Å². The van der Waals surface area contributed by atoms with Crippen LogP contribution in [0.2, 0.25) is 0 Å². The lowest BCUT2D eigenvalue weighted by atomic mass is 9.98. The van der Waals surface area contributed by atoms with E-state index in [0.717, 1.165) is 33.2 Å². The number of hydrogen-bond donors (Lipinski definition) is 0. The summed E-state index contributed by atoms with van der Waals surface area (Å²) >= 11 is 0. The van der Waals surface area contributed by atoms with E-state index in [-0.39, 0.29) is 0 Å². The highest BCUT2D eigenvalue weighted by molar-refractivity contribution is 6.38. The molecular weight excluding hydrogens is 587 g/mol. The zero-order chi connectivity index (χ0) is 31.5. The molecule has 0 spiro atoms. The van der Waals surface area contributed by atoms with Crippen molar-refractivity contribution in [2.75, 3.05) is 0 Å². The van der Waals surface area contributed by atoms with E-state index in [1.807, 2.05) is 36.4 Å². The van der Waals surface area contributed by atoms with Gasteiger partial charge in [-0.15, -0.1) is 0 Å². The molecule has 0 aliphatic carbocycles. The van der Waals surface area contributed by atoms with Crippen molar-refractivity contribution < 1.29 is 0 Å². The van der Waals surface area contributed by atoms with Crippen molar-refractivity contribution in [3.8, 4) is 23.3 Å². The molecule has 0 N–H and O–H groups in total. The number of rotatable bonds is 2. The molecule has 4 heterocycles. The maximum atomic E-state index is 9.45. The Morgan fingerprint density at radius 1 is 0.500 bits per heavy atom. The molecule has 48 heavy (non-hydrogen) atoms. The summed E-state index contributed by atoms with van der Waals surface area (Å²) in [5.41, 5.74) is 9.06. The van der Waals surface area contributed by atoms with Crippen molar-refractivity contribution in [2.45, 2.75) is 0 Å². The van der Waals surface area contributed by atoms with E-state index in [9.17, 15) is 5.26 Å². The molecule has 5 nitrogen and oxygen atoms in total. The largest absolute Gasteiger partial charge is 0.308 e. The molecule has 0 fully saturated rings. The highest BCUT2D eigenvalue weighted by atomic mass is 15.2. The fourth-order valence-electron chi connectivity index (χ4n) is 8.08. The normalized spacial score (nSPS) is 12.1. The quantitative estimate of drug-likeness (QED) is 0.196. The first-order chi connectivity index (χ1) is 23.8. The second-order valence-corrected chi connectivity index (χ2v) is 12.5. The fourth-order valence-corrected chi connectivity index (χ4v) is 8.08. The second kappa shape index (κ2) is 9.16. The minimum atomic E-state index is 0.616. The molecule has 7 aromatic carbocycles. The Morgan fingerprint density at radius 2 is 1.19 bits per heavy atom. The van der Waals surface area contributed by atoms with E-state index in [1.54, 1.807) is 0 Å². The Labute approximate surface area is 273 Å². The van der Waals surface area contributed by atoms with Crippen molar-refractivity contribution in [3.05, 3.63) is 145 Å². The molecule has 0 saturated heterocycles. The topological polar surface area (TPSA) is 58.9 Å². The monoisotopic (exact) mass is 609 g/mol. The van der Waals surface area contributed by atoms with Gasteiger partial charge in [0.25, 0.3) is 0 Å². The molecule has 11 rings (SSSR count). The van der Waals surface area contributed by atoms with Gasteiger partial charge in [0.2, 0.25) is 5.95 Å². The molecule has 0 radical (unpaired) electrons. The average molecular weight is 610 g/mol. The van der Waals surface area contributed by atoms with E-state index in [0.29, 0.717) is 11.5 Å². The summed E-state index contributed by atoms with van der Waals surface area (Å²) in [7, 11) is 0. The molecule has 11 aromatic rings. The van der Waals surface area contributed by atoms with Crippen LogP contribution in [0.25, 0.3) is 98.8 Å². The first-order valence-electron chi connectivity index (χ1n) is 16.1. The molecule has 0 aliphatic rings. The summed E-state index contributed by atoms with van der Waals surface area (Å²) in [5, 5.41) is 20.2. The van der Waals surface area contributed by atoms with Gasteiger partial charge in [0.15, 0.2) is 0 Å². The minimum Gasteiger partial charge on any atom is -0.308 e. The minimum absolute atomic E-state index is 0.616. The van der Waals surface area contributed by atoms with Crippen LogP contribution < -0.4 is 0 Å². The maximum Gasteiger partial charge on any atom is 0.235 e. The smallest absolute Gasteiger partial charge is 0.235 e. The molecule has 220 valence electrons. The van der Waals surface area contributed by atoms with E-state index in [4.69, 9.17) is 9.97 Å². The number of nitriles is 1. The van der Waals surface area contributed by atoms with Crippen LogP contribution in [0.4, 0.5) is 0 Å². The van der Waals surface area contributed by atoms with Gasteiger partial charge in [-0.1, -0.05) is 97.1 Å². The van der Waals surface area contributed by atoms with Crippen LogP contribution >= 0.6 is 0 Å². The van der Waals surface area contributed by atoms with Crippen LogP contribution in [0.5, 0.6) is 0 Å². The van der Waals surface area contributed by atoms with Crippen LogP contribution in [-0.2, 0) is 0 Å². The van der Waals surface area contributed by atoms with Crippen LogP contribution in [-0.4, -0.2) is 18.9 Å². The zero-order valence-electron chi connectivity index (χ0n) is 25.5. The second-order valence-electron chi connectivity index (χ2n) is 12.5. The van der Waals surface area contributed by atoms with Gasteiger partial charge in [0.05, 0.1) is 50.4 Å². The first-order valence-corrected chi connectivity index (χ1v) is 16.1. The Morgan fingerprint density at radius 3 is 2.02 bits per heavy atom. The third-order valence-corrected chi connectivity index (χ3v) is 10.1. The molecule has 0 bridgehead atoms. The number of nitrogens with zero attached hydrogens (tertiary/aromatic N) is 5. The molecule has 0 atom stereocenters. The first kappa shape index (κ1) is 25.4. The third kappa shape index (κ3) is 3.18. The van der Waals surface area contributed by atoms with Crippen molar-refractivity contribution >= 4 is 81.6 Å². The number of fused-ring (bicyclic) bond motifs is 13. The van der Waals surface area contributed by atoms with Gasteiger partial charge in [-0.3, -0.25) is 4.57 Å². The summed E-state index contributed by atoms with van der Waals surface area (Å²) in [4.78, 5) is 10.6. The van der Waals surface area contributed by atoms with Crippen LogP contribution in [0.1, 0.15) is 5.56 Å². The number of para-hydroxylation sites is 3. The number of benzene rings is 7. The Balaban J connectivity index is 1.37. The standard InChI is InChI=1S/C43H23N5/c44-24-25-17-19-27(20-18-25)41-30-12-3-6-14-33(30)45-43(46-41)48-35-16-8-5-13-31(35)39-37(48)23-32-29-11-4-7-15-34(29)47-36-22-21-26-9-1-2-10-28(26)38(36)40(39)42(32)47/h1-23H. The third-order valence-electron chi connectivity index (χ3n) is 10.1. The average Bonchev–Trinajstić information content (AvgIpc) is 3.79. The molecule has 0 unspecified atom stereocenters. The van der Waals surface area contributed by atoms with E-state index in [2.05, 4.69) is 118 Å². The predicted octanol–water partition coefficient (Wildman–Crippen LogP) is 10.6. The predicted molar refractivity (Wildman–Crippen MR) is 196 cm³/mol. The molecule has 0 aliphatic heterocycles. The SMILES string of the molecule is N#Cc1ccc(-c2nc(-n3c4ccccc4c4c5c6c7ccccc7ccc6n6c7ccccc7c(cc43)c56)nc3ccccc23)cc1. The summed E-state index contributed by atoms with van der Waals surface area (Å²) in [5.74, 6) is 0.616. The van der Waals surface area contributed by atoms with Gasteiger partial charge in [0, 0.05) is 43.3 Å². The van der Waals surface area contributed by atoms with Gasteiger partial charge in [-0.05, 0) is 53.2 Å². The fraction of sp³-hybridized carbons (Fsp3) is 0. The maximum absolute atomic E-state index is 9.45. The van der Waals surface area contributed by atoms with E-state index < -0.39 is 0 Å². The summed E-state index contributed by atoms with van der Waals surface area (Å²) in [6.45, 7) is 0. The summed E-state index contributed by atoms with van der Waals surface area (Å²) in [6.07, 6.45) is 0. The van der Waals surface area contributed by atoms with E-state index in [1.165, 1.54) is 59.6 Å². The molecule has 0 amide bonds. The van der Waals surface area contributed by atoms with Gasteiger partial charge in [-0.25, -0.2) is 9.97 Å². The highest BCUT2D eigenvalue weighted by Crippen LogP contribution is 2.48. The zero-order valence-corrected chi connectivity index (χ0v) is 25.5. The van der Waals surface area contributed by atoms with Gasteiger partial charge < -0.3 is 4.40 Å². The molecule has 5 heteroatoms. The number of hydrogen-bond acceptors (Lipinski definition) is 3. The van der Waals surface area contributed by atoms with Gasteiger partial charge in [0.1, 0.15) is 0 Å². The van der Waals surface area contributed by atoms with Crippen LogP contribution in [0, 0.1) is 11.3 Å². The Bertz CT molecular complexity index is 3170. The molecular formula is C43H23N5. The van der Waals surface area contributed by atoms with Crippen LogP contribution in [0.15, 0.2) is 140 Å². The summed E-state index contributed by atoms with van der Waals surface area (Å²) in [6, 6.07) is 51.0. The Kier molecular flexibility index (Phi) is 4.85. The van der Waals surface area contributed by atoms with Crippen molar-refractivity contribution in [1.29, 1.82) is 5.26 Å². The lowest BCUT2D eigenvalue weighted by Crippen LogP contribution is -2.03. The molecule has 0 saturated carbocycles. The highest BCUT2D eigenvalue weighted by Gasteiger charge is 2.26. The number of aromatic nitrogens is 4. The summed E-state index contributed by atoms with van der Waals surface area (Å²) < 4.78 is 4.71. The Hall–Kier alpha value is -6.77.